The summed E-state index contributed by atoms with van der Waals surface area (Å²) in [5.41, 5.74) is 1.12. The van der Waals surface area contributed by atoms with Crippen LogP contribution in [0.2, 0.25) is 0 Å². The van der Waals surface area contributed by atoms with E-state index < -0.39 is 0 Å². The van der Waals surface area contributed by atoms with E-state index in [-0.39, 0.29) is 24.4 Å². The lowest BCUT2D eigenvalue weighted by Crippen LogP contribution is -2.52. The molecule has 0 spiro atoms. The average Bonchev–Trinajstić information content (AvgIpc) is 2.53. The molecule has 2 aliphatic heterocycles. The fraction of sp³-hybridized carbons (Fsp3) is 0.562. The monoisotopic (exact) mass is 326 g/mol. The highest BCUT2D eigenvalue weighted by Crippen LogP contribution is 2.31. The summed E-state index contributed by atoms with van der Waals surface area (Å²) >= 11 is 0. The Morgan fingerprint density at radius 2 is 2.09 bits per heavy atom. The molecule has 0 unspecified atom stereocenters. The SMILES string of the molecule is C[C@@H]1CNCCN1C(=O)CCc1ccc2c(c1)OCCO2.Cl. The van der Waals surface area contributed by atoms with Gasteiger partial charge in [-0.05, 0) is 31.0 Å². The fourth-order valence-corrected chi connectivity index (χ4v) is 2.85. The predicted octanol–water partition coefficient (Wildman–Crippen LogP) is 1.63. The number of hydrogen-bond donors (Lipinski definition) is 1. The zero-order valence-electron chi connectivity index (χ0n) is 12.8. The van der Waals surface area contributed by atoms with E-state index in [0.29, 0.717) is 19.6 Å². The molecule has 1 N–H and O–H groups in total. The van der Waals surface area contributed by atoms with E-state index in [1.54, 1.807) is 0 Å². The minimum absolute atomic E-state index is 0. The molecule has 0 aromatic heterocycles. The van der Waals surface area contributed by atoms with Gasteiger partial charge in [0.25, 0.3) is 0 Å². The van der Waals surface area contributed by atoms with Crippen LogP contribution in [0.3, 0.4) is 0 Å². The molecule has 1 amide bonds. The largest absolute Gasteiger partial charge is 0.486 e. The molecule has 5 nitrogen and oxygen atoms in total. The number of carbonyl (C=O) groups is 1. The van der Waals surface area contributed by atoms with Crippen LogP contribution in [0.5, 0.6) is 11.5 Å². The number of piperazine rings is 1. The minimum Gasteiger partial charge on any atom is -0.486 e. The zero-order valence-corrected chi connectivity index (χ0v) is 13.7. The topological polar surface area (TPSA) is 50.8 Å². The maximum Gasteiger partial charge on any atom is 0.223 e. The van der Waals surface area contributed by atoms with Gasteiger partial charge in [-0.1, -0.05) is 6.07 Å². The fourth-order valence-electron chi connectivity index (χ4n) is 2.85. The van der Waals surface area contributed by atoms with Gasteiger partial charge in [0.15, 0.2) is 11.5 Å². The van der Waals surface area contributed by atoms with E-state index in [2.05, 4.69) is 12.2 Å². The van der Waals surface area contributed by atoms with Crippen molar-refractivity contribution in [2.45, 2.75) is 25.8 Å². The normalized spacial score (nSPS) is 20.2. The molecule has 2 heterocycles. The van der Waals surface area contributed by atoms with Crippen molar-refractivity contribution in [3.8, 4) is 11.5 Å². The Morgan fingerprint density at radius 3 is 2.86 bits per heavy atom. The highest BCUT2D eigenvalue weighted by Gasteiger charge is 2.22. The smallest absolute Gasteiger partial charge is 0.223 e. The molecule has 0 bridgehead atoms. The van der Waals surface area contributed by atoms with Gasteiger partial charge in [-0.25, -0.2) is 0 Å². The van der Waals surface area contributed by atoms with E-state index in [4.69, 9.17) is 9.47 Å². The van der Waals surface area contributed by atoms with Crippen molar-refractivity contribution in [3.63, 3.8) is 0 Å². The average molecular weight is 327 g/mol. The molecule has 1 fully saturated rings. The number of hydrogen-bond acceptors (Lipinski definition) is 4. The maximum atomic E-state index is 12.3. The lowest BCUT2D eigenvalue weighted by atomic mass is 10.1. The first kappa shape index (κ1) is 16.9. The van der Waals surface area contributed by atoms with Crippen molar-refractivity contribution in [2.75, 3.05) is 32.8 Å². The molecular formula is C16H23ClN2O3. The van der Waals surface area contributed by atoms with Gasteiger partial charge < -0.3 is 19.7 Å². The van der Waals surface area contributed by atoms with Crippen molar-refractivity contribution < 1.29 is 14.3 Å². The molecule has 1 atom stereocenters. The van der Waals surface area contributed by atoms with E-state index >= 15 is 0 Å². The number of fused-ring (bicyclic) bond motifs is 1. The Hall–Kier alpha value is -1.46. The summed E-state index contributed by atoms with van der Waals surface area (Å²) in [4.78, 5) is 14.3. The maximum absolute atomic E-state index is 12.3. The molecule has 1 aromatic rings. The lowest BCUT2D eigenvalue weighted by Gasteiger charge is -2.34. The van der Waals surface area contributed by atoms with Crippen LogP contribution < -0.4 is 14.8 Å². The molecular weight excluding hydrogens is 304 g/mol. The van der Waals surface area contributed by atoms with Crippen LogP contribution in [0.15, 0.2) is 18.2 Å². The molecule has 2 aliphatic rings. The Kier molecular flexibility index (Phi) is 5.91. The number of halogens is 1. The predicted molar refractivity (Wildman–Crippen MR) is 87.0 cm³/mol. The molecule has 1 aromatic carbocycles. The van der Waals surface area contributed by atoms with Gasteiger partial charge >= 0.3 is 0 Å². The van der Waals surface area contributed by atoms with Crippen molar-refractivity contribution in [1.29, 1.82) is 0 Å². The number of rotatable bonds is 3. The molecule has 0 saturated carbocycles. The van der Waals surface area contributed by atoms with Crippen molar-refractivity contribution in [1.82, 2.24) is 10.2 Å². The summed E-state index contributed by atoms with van der Waals surface area (Å²) in [6.07, 6.45) is 1.29. The standard InChI is InChI=1S/C16H22N2O3.ClH/c1-12-11-17-6-7-18(12)16(19)5-3-13-2-4-14-15(10-13)21-9-8-20-14;/h2,4,10,12,17H,3,5-9,11H2,1H3;1H/t12-;/m1./s1. The van der Waals surface area contributed by atoms with E-state index in [1.807, 2.05) is 23.1 Å². The molecule has 0 radical (unpaired) electrons. The summed E-state index contributed by atoms with van der Waals surface area (Å²) < 4.78 is 11.1. The number of benzene rings is 1. The third kappa shape index (κ3) is 3.84. The van der Waals surface area contributed by atoms with Crippen molar-refractivity contribution in [2.24, 2.45) is 0 Å². The Morgan fingerprint density at radius 1 is 1.32 bits per heavy atom. The Labute approximate surface area is 137 Å². The van der Waals surface area contributed by atoms with Crippen molar-refractivity contribution >= 4 is 18.3 Å². The van der Waals surface area contributed by atoms with Gasteiger partial charge in [0.05, 0.1) is 0 Å². The van der Waals surface area contributed by atoms with Gasteiger partial charge in [-0.15, -0.1) is 12.4 Å². The van der Waals surface area contributed by atoms with Crippen LogP contribution in [0.1, 0.15) is 18.9 Å². The molecule has 1 saturated heterocycles. The number of ether oxygens (including phenoxy) is 2. The molecule has 3 rings (SSSR count). The number of amides is 1. The quantitative estimate of drug-likeness (QED) is 0.917. The first-order valence-corrected chi connectivity index (χ1v) is 7.63. The highest BCUT2D eigenvalue weighted by molar-refractivity contribution is 5.85. The van der Waals surface area contributed by atoms with E-state index in [0.717, 1.165) is 43.1 Å². The van der Waals surface area contributed by atoms with E-state index in [9.17, 15) is 4.79 Å². The van der Waals surface area contributed by atoms with E-state index in [1.165, 1.54) is 0 Å². The van der Waals surface area contributed by atoms with Crippen LogP contribution in [0.4, 0.5) is 0 Å². The second-order valence-electron chi connectivity index (χ2n) is 5.62. The molecule has 0 aliphatic carbocycles. The third-order valence-electron chi connectivity index (χ3n) is 4.06. The third-order valence-corrected chi connectivity index (χ3v) is 4.06. The van der Waals surface area contributed by atoms with Gasteiger partial charge in [-0.3, -0.25) is 4.79 Å². The summed E-state index contributed by atoms with van der Waals surface area (Å²) in [6, 6.07) is 6.22. The lowest BCUT2D eigenvalue weighted by molar-refractivity contribution is -0.133. The zero-order chi connectivity index (χ0) is 14.7. The minimum atomic E-state index is 0. The molecule has 6 heteroatoms. The van der Waals surface area contributed by atoms with Crippen LogP contribution in [0.25, 0.3) is 0 Å². The first-order valence-electron chi connectivity index (χ1n) is 7.63. The van der Waals surface area contributed by atoms with Crippen LogP contribution in [-0.2, 0) is 11.2 Å². The highest BCUT2D eigenvalue weighted by atomic mass is 35.5. The summed E-state index contributed by atoms with van der Waals surface area (Å²) in [7, 11) is 0. The summed E-state index contributed by atoms with van der Waals surface area (Å²) in [5, 5.41) is 3.30. The molecule has 122 valence electrons. The number of nitrogens with one attached hydrogen (secondary N) is 1. The first-order chi connectivity index (χ1) is 10.2. The van der Waals surface area contributed by atoms with Crippen LogP contribution >= 0.6 is 12.4 Å². The van der Waals surface area contributed by atoms with Gasteiger partial charge in [0, 0.05) is 32.1 Å². The second-order valence-corrected chi connectivity index (χ2v) is 5.62. The van der Waals surface area contributed by atoms with Gasteiger partial charge in [0.2, 0.25) is 5.91 Å². The summed E-state index contributed by atoms with van der Waals surface area (Å²) in [5.74, 6) is 1.83. The van der Waals surface area contributed by atoms with Crippen molar-refractivity contribution in [3.05, 3.63) is 23.8 Å². The molecule has 22 heavy (non-hydrogen) atoms. The number of aryl methyl sites for hydroxylation is 1. The Balaban J connectivity index is 0.00000176. The van der Waals surface area contributed by atoms with Crippen LogP contribution in [0, 0.1) is 0 Å². The van der Waals surface area contributed by atoms with Gasteiger partial charge in [0.1, 0.15) is 13.2 Å². The number of carbonyl (C=O) groups excluding carboxylic acids is 1. The number of nitrogens with zero attached hydrogens (tertiary/aromatic N) is 1. The second kappa shape index (κ2) is 7.70. The Bertz CT molecular complexity index is 524. The van der Waals surface area contributed by atoms with Crippen LogP contribution in [-0.4, -0.2) is 49.7 Å². The van der Waals surface area contributed by atoms with Gasteiger partial charge in [-0.2, -0.15) is 0 Å². The summed E-state index contributed by atoms with van der Waals surface area (Å²) in [6.45, 7) is 5.87.